The van der Waals surface area contributed by atoms with E-state index in [2.05, 4.69) is 10.3 Å². The number of aliphatic hydroxyl groups is 1. The van der Waals surface area contributed by atoms with Crippen molar-refractivity contribution < 1.29 is 9.90 Å². The highest BCUT2D eigenvalue weighted by molar-refractivity contribution is 7.99. The summed E-state index contributed by atoms with van der Waals surface area (Å²) in [6.07, 6.45) is 1.02. The molecule has 1 fully saturated rings. The Hall–Kier alpha value is -1.07. The number of aryl methyl sites for hydroxylation is 1. The Morgan fingerprint density at radius 3 is 2.82 bits per heavy atom. The van der Waals surface area contributed by atoms with E-state index in [-0.39, 0.29) is 5.91 Å². The molecular formula is C12H16N2O2S. The average Bonchev–Trinajstić information content (AvgIpc) is 2.30. The minimum absolute atomic E-state index is 0.337. The van der Waals surface area contributed by atoms with Crippen molar-refractivity contribution in [1.29, 1.82) is 0 Å². The van der Waals surface area contributed by atoms with Gasteiger partial charge in [0.1, 0.15) is 11.4 Å². The maximum Gasteiger partial charge on any atom is 0.257 e. The molecule has 0 unspecified atom stereocenters. The minimum Gasteiger partial charge on any atom is -0.380 e. The molecule has 2 heterocycles. The second-order valence-corrected chi connectivity index (χ2v) is 5.49. The Balaban J connectivity index is 2.05. The third-order valence-corrected chi connectivity index (χ3v) is 3.86. The summed E-state index contributed by atoms with van der Waals surface area (Å²) >= 11 is 1.77. The summed E-state index contributed by atoms with van der Waals surface area (Å²) in [5, 5.41) is 12.9. The normalized spacial score (nSPS) is 18.7. The number of aromatic nitrogens is 1. The predicted octanol–water partition coefficient (Wildman–Crippen LogP) is 1.59. The second kappa shape index (κ2) is 5.06. The molecule has 0 aromatic carbocycles. The first-order valence-corrected chi connectivity index (χ1v) is 6.81. The van der Waals surface area contributed by atoms with E-state index in [0.29, 0.717) is 18.7 Å². The minimum atomic E-state index is -1.23. The van der Waals surface area contributed by atoms with Gasteiger partial charge in [-0.2, -0.15) is 11.8 Å². The first-order valence-electron chi connectivity index (χ1n) is 5.65. The van der Waals surface area contributed by atoms with Crippen molar-refractivity contribution >= 4 is 23.5 Å². The molecule has 1 aromatic heterocycles. The quantitative estimate of drug-likeness (QED) is 0.839. The van der Waals surface area contributed by atoms with Gasteiger partial charge < -0.3 is 10.4 Å². The van der Waals surface area contributed by atoms with E-state index in [1.807, 2.05) is 19.1 Å². The molecule has 1 amide bonds. The number of rotatable bonds is 2. The van der Waals surface area contributed by atoms with Gasteiger partial charge in [-0.15, -0.1) is 0 Å². The smallest absolute Gasteiger partial charge is 0.257 e. The number of carbonyl (C=O) groups is 1. The van der Waals surface area contributed by atoms with Crippen LogP contribution in [0.15, 0.2) is 18.2 Å². The van der Waals surface area contributed by atoms with Crippen LogP contribution in [0, 0.1) is 6.92 Å². The topological polar surface area (TPSA) is 62.2 Å². The Bertz CT molecular complexity index is 417. The van der Waals surface area contributed by atoms with E-state index in [1.54, 1.807) is 17.8 Å². The molecule has 4 nitrogen and oxygen atoms in total. The van der Waals surface area contributed by atoms with Gasteiger partial charge in [-0.3, -0.25) is 4.79 Å². The third kappa shape index (κ3) is 2.98. The molecule has 0 spiro atoms. The van der Waals surface area contributed by atoms with Gasteiger partial charge in [-0.25, -0.2) is 4.98 Å². The molecule has 1 aromatic rings. The number of anilines is 1. The fraction of sp³-hybridized carbons (Fsp3) is 0.500. The molecule has 0 saturated carbocycles. The number of amides is 1. The zero-order valence-electron chi connectivity index (χ0n) is 9.77. The molecule has 1 aliphatic rings. The second-order valence-electron chi connectivity index (χ2n) is 4.26. The summed E-state index contributed by atoms with van der Waals surface area (Å²) < 4.78 is 0. The number of hydrogen-bond acceptors (Lipinski definition) is 4. The lowest BCUT2D eigenvalue weighted by Gasteiger charge is -2.30. The summed E-state index contributed by atoms with van der Waals surface area (Å²) in [4.78, 5) is 16.2. The summed E-state index contributed by atoms with van der Waals surface area (Å²) in [6.45, 7) is 1.86. The lowest BCUT2D eigenvalue weighted by molar-refractivity contribution is -0.134. The molecule has 5 heteroatoms. The number of carbonyl (C=O) groups excluding carboxylic acids is 1. The maximum atomic E-state index is 12.0. The molecule has 2 N–H and O–H groups in total. The van der Waals surface area contributed by atoms with Crippen molar-refractivity contribution in [2.24, 2.45) is 0 Å². The molecule has 0 atom stereocenters. The van der Waals surface area contributed by atoms with Crippen LogP contribution in [0.25, 0.3) is 0 Å². The fourth-order valence-corrected chi connectivity index (χ4v) is 2.95. The van der Waals surface area contributed by atoms with Gasteiger partial charge in [0.2, 0.25) is 0 Å². The summed E-state index contributed by atoms with van der Waals surface area (Å²) in [7, 11) is 0. The highest BCUT2D eigenvalue weighted by atomic mass is 32.2. The molecule has 0 bridgehead atoms. The molecule has 17 heavy (non-hydrogen) atoms. The van der Waals surface area contributed by atoms with E-state index in [4.69, 9.17) is 0 Å². The van der Waals surface area contributed by atoms with Crippen molar-refractivity contribution in [3.8, 4) is 0 Å². The molecule has 2 rings (SSSR count). The number of nitrogens with one attached hydrogen (secondary N) is 1. The van der Waals surface area contributed by atoms with Gasteiger partial charge in [-0.1, -0.05) is 6.07 Å². The number of pyridine rings is 1. The Morgan fingerprint density at radius 1 is 1.47 bits per heavy atom. The SMILES string of the molecule is Cc1cccc(NC(=O)C2(O)CCSCC2)n1. The van der Waals surface area contributed by atoms with Crippen molar-refractivity contribution in [2.45, 2.75) is 25.4 Å². The van der Waals surface area contributed by atoms with Crippen LogP contribution in [0.5, 0.6) is 0 Å². The van der Waals surface area contributed by atoms with Crippen LogP contribution >= 0.6 is 11.8 Å². The third-order valence-electron chi connectivity index (χ3n) is 2.87. The van der Waals surface area contributed by atoms with E-state index < -0.39 is 5.60 Å². The van der Waals surface area contributed by atoms with Crippen LogP contribution in [0.3, 0.4) is 0 Å². The Kier molecular flexibility index (Phi) is 3.69. The first kappa shape index (κ1) is 12.4. The maximum absolute atomic E-state index is 12.0. The van der Waals surface area contributed by atoms with Crippen molar-refractivity contribution in [1.82, 2.24) is 4.98 Å². The van der Waals surface area contributed by atoms with Gasteiger partial charge in [0, 0.05) is 5.69 Å². The van der Waals surface area contributed by atoms with Crippen LogP contribution in [0.4, 0.5) is 5.82 Å². The van der Waals surface area contributed by atoms with Crippen LogP contribution in [0.1, 0.15) is 18.5 Å². The van der Waals surface area contributed by atoms with E-state index in [9.17, 15) is 9.90 Å². The van der Waals surface area contributed by atoms with Crippen molar-refractivity contribution in [3.63, 3.8) is 0 Å². The van der Waals surface area contributed by atoms with E-state index >= 15 is 0 Å². The number of nitrogens with zero attached hydrogens (tertiary/aromatic N) is 1. The van der Waals surface area contributed by atoms with Gasteiger partial charge in [-0.05, 0) is 43.4 Å². The fourth-order valence-electron chi connectivity index (χ4n) is 1.78. The summed E-state index contributed by atoms with van der Waals surface area (Å²) in [5.41, 5.74) is -0.384. The zero-order valence-corrected chi connectivity index (χ0v) is 10.6. The first-order chi connectivity index (χ1) is 8.10. The number of hydrogen-bond donors (Lipinski definition) is 2. The molecule has 0 radical (unpaired) electrons. The van der Waals surface area contributed by atoms with Crippen LogP contribution in [0.2, 0.25) is 0 Å². The zero-order chi connectivity index (χ0) is 12.3. The number of thioether (sulfide) groups is 1. The summed E-state index contributed by atoms with van der Waals surface area (Å²) in [6, 6.07) is 5.42. The van der Waals surface area contributed by atoms with Crippen LogP contribution in [-0.2, 0) is 4.79 Å². The van der Waals surface area contributed by atoms with Crippen molar-refractivity contribution in [2.75, 3.05) is 16.8 Å². The lowest BCUT2D eigenvalue weighted by Crippen LogP contribution is -2.45. The van der Waals surface area contributed by atoms with Gasteiger partial charge in [0.25, 0.3) is 5.91 Å². The molecule has 1 saturated heterocycles. The highest BCUT2D eigenvalue weighted by Crippen LogP contribution is 2.27. The average molecular weight is 252 g/mol. The van der Waals surface area contributed by atoms with E-state index in [0.717, 1.165) is 17.2 Å². The van der Waals surface area contributed by atoms with E-state index in [1.165, 1.54) is 0 Å². The van der Waals surface area contributed by atoms with Crippen LogP contribution < -0.4 is 5.32 Å². The van der Waals surface area contributed by atoms with Gasteiger partial charge in [0.05, 0.1) is 0 Å². The molecule has 1 aliphatic heterocycles. The Morgan fingerprint density at radius 2 is 2.18 bits per heavy atom. The van der Waals surface area contributed by atoms with Gasteiger partial charge in [0.15, 0.2) is 0 Å². The monoisotopic (exact) mass is 252 g/mol. The highest BCUT2D eigenvalue weighted by Gasteiger charge is 2.37. The predicted molar refractivity (Wildman–Crippen MR) is 69.1 cm³/mol. The van der Waals surface area contributed by atoms with Crippen molar-refractivity contribution in [3.05, 3.63) is 23.9 Å². The molecule has 92 valence electrons. The van der Waals surface area contributed by atoms with Crippen LogP contribution in [-0.4, -0.2) is 33.1 Å². The lowest BCUT2D eigenvalue weighted by atomic mass is 9.96. The standard InChI is InChI=1S/C12H16N2O2S/c1-9-3-2-4-10(13-9)14-11(15)12(16)5-7-17-8-6-12/h2-4,16H,5-8H2,1H3,(H,13,14,15). The molecular weight excluding hydrogens is 236 g/mol. The molecule has 0 aliphatic carbocycles. The van der Waals surface area contributed by atoms with Gasteiger partial charge >= 0.3 is 0 Å². The largest absolute Gasteiger partial charge is 0.380 e. The Labute approximate surface area is 105 Å². The summed E-state index contributed by atoms with van der Waals surface area (Å²) in [5.74, 6) is 1.81.